The Morgan fingerprint density at radius 3 is 2.77 bits per heavy atom. The number of thioether (sulfide) groups is 1. The standard InChI is InChI=1S/C22H19N5O3S/c1-12-19-16(8-17(14-4-5-14)25-21(19)30-26-12)22(29)27-11-31-10-18(27)20(28)24-15-6-2-13(9-23)3-7-15/h2-3,6-8,14,18H,4-5,10-11H2,1H3,(H,24,28). The van der Waals surface area contributed by atoms with E-state index in [1.54, 1.807) is 36.1 Å². The Morgan fingerprint density at radius 1 is 1.29 bits per heavy atom. The third kappa shape index (κ3) is 3.64. The molecule has 3 aromatic rings. The zero-order valence-corrected chi connectivity index (χ0v) is 17.6. The number of carbonyl (C=O) groups is 2. The highest BCUT2D eigenvalue weighted by Crippen LogP contribution is 2.41. The summed E-state index contributed by atoms with van der Waals surface area (Å²) in [5.41, 5.74) is 3.42. The van der Waals surface area contributed by atoms with Crippen molar-refractivity contribution in [3.63, 3.8) is 0 Å². The number of amides is 2. The first kappa shape index (κ1) is 19.6. The van der Waals surface area contributed by atoms with Gasteiger partial charge in [-0.05, 0) is 50.1 Å². The summed E-state index contributed by atoms with van der Waals surface area (Å²) >= 11 is 1.54. The number of hydrogen-bond donors (Lipinski definition) is 1. The Hall–Kier alpha value is -3.38. The normalized spacial score (nSPS) is 18.2. The van der Waals surface area contributed by atoms with Gasteiger partial charge < -0.3 is 14.7 Å². The topological polar surface area (TPSA) is 112 Å². The lowest BCUT2D eigenvalue weighted by molar-refractivity contribution is -0.119. The highest BCUT2D eigenvalue weighted by molar-refractivity contribution is 7.99. The SMILES string of the molecule is Cc1noc2nc(C3CC3)cc(C(=O)N3CSCC3C(=O)Nc3ccc(C#N)cc3)c12. The van der Waals surface area contributed by atoms with E-state index in [4.69, 9.17) is 9.78 Å². The lowest BCUT2D eigenvalue weighted by Gasteiger charge is -2.23. The second kappa shape index (κ2) is 7.71. The zero-order chi connectivity index (χ0) is 21.5. The molecule has 5 rings (SSSR count). The van der Waals surface area contributed by atoms with Gasteiger partial charge in [0.1, 0.15) is 6.04 Å². The number of nitriles is 1. The fraction of sp³-hybridized carbons (Fsp3) is 0.318. The Balaban J connectivity index is 1.42. The number of nitrogens with zero attached hydrogens (tertiary/aromatic N) is 4. The first-order valence-corrected chi connectivity index (χ1v) is 11.2. The summed E-state index contributed by atoms with van der Waals surface area (Å²) < 4.78 is 5.35. The van der Waals surface area contributed by atoms with Crippen LogP contribution in [0.3, 0.4) is 0 Å². The van der Waals surface area contributed by atoms with Gasteiger partial charge in [0.15, 0.2) is 0 Å². The summed E-state index contributed by atoms with van der Waals surface area (Å²) in [6.45, 7) is 1.79. The van der Waals surface area contributed by atoms with Crippen molar-refractivity contribution in [1.82, 2.24) is 15.0 Å². The number of anilines is 1. The van der Waals surface area contributed by atoms with E-state index in [-0.39, 0.29) is 11.8 Å². The van der Waals surface area contributed by atoms with Crippen LogP contribution in [0.5, 0.6) is 0 Å². The molecule has 0 bridgehead atoms. The van der Waals surface area contributed by atoms with Gasteiger partial charge in [-0.3, -0.25) is 9.59 Å². The summed E-state index contributed by atoms with van der Waals surface area (Å²) in [5, 5.41) is 16.4. The second-order valence-electron chi connectivity index (χ2n) is 7.79. The maximum Gasteiger partial charge on any atom is 0.259 e. The molecule has 2 aromatic heterocycles. The highest BCUT2D eigenvalue weighted by atomic mass is 32.2. The first-order chi connectivity index (χ1) is 15.0. The molecule has 0 spiro atoms. The molecule has 1 N–H and O–H groups in total. The van der Waals surface area contributed by atoms with Crippen molar-refractivity contribution in [2.45, 2.75) is 31.7 Å². The Kier molecular flexibility index (Phi) is 4.87. The predicted molar refractivity (Wildman–Crippen MR) is 116 cm³/mol. The molecule has 1 aliphatic carbocycles. The van der Waals surface area contributed by atoms with Crippen molar-refractivity contribution < 1.29 is 14.1 Å². The van der Waals surface area contributed by atoms with Gasteiger partial charge in [0.25, 0.3) is 11.6 Å². The number of carbonyl (C=O) groups excluding carboxylic acids is 2. The van der Waals surface area contributed by atoms with E-state index < -0.39 is 6.04 Å². The largest absolute Gasteiger partial charge is 0.336 e. The van der Waals surface area contributed by atoms with Crippen molar-refractivity contribution in [3.8, 4) is 6.07 Å². The van der Waals surface area contributed by atoms with Gasteiger partial charge in [0.05, 0.1) is 34.2 Å². The summed E-state index contributed by atoms with van der Waals surface area (Å²) in [4.78, 5) is 32.7. The fourth-order valence-electron chi connectivity index (χ4n) is 3.74. The molecule has 1 aromatic carbocycles. The zero-order valence-electron chi connectivity index (χ0n) is 16.8. The Morgan fingerprint density at radius 2 is 2.06 bits per heavy atom. The van der Waals surface area contributed by atoms with Gasteiger partial charge in [-0.1, -0.05) is 5.16 Å². The summed E-state index contributed by atoms with van der Waals surface area (Å²) in [7, 11) is 0. The monoisotopic (exact) mass is 433 g/mol. The van der Waals surface area contributed by atoms with Crippen LogP contribution >= 0.6 is 11.8 Å². The summed E-state index contributed by atoms with van der Waals surface area (Å²) in [6, 6.07) is 9.94. The van der Waals surface area contributed by atoms with Gasteiger partial charge in [-0.2, -0.15) is 5.26 Å². The fourth-order valence-corrected chi connectivity index (χ4v) is 4.89. The maximum atomic E-state index is 13.6. The first-order valence-electron chi connectivity index (χ1n) is 10.0. The van der Waals surface area contributed by atoms with Gasteiger partial charge in [0, 0.05) is 23.1 Å². The van der Waals surface area contributed by atoms with Crippen LogP contribution in [0.2, 0.25) is 0 Å². The van der Waals surface area contributed by atoms with E-state index >= 15 is 0 Å². The van der Waals surface area contributed by atoms with Crippen LogP contribution < -0.4 is 5.32 Å². The average molecular weight is 433 g/mol. The molecule has 1 aliphatic heterocycles. The lowest BCUT2D eigenvalue weighted by Crippen LogP contribution is -2.44. The van der Waals surface area contributed by atoms with Crippen LogP contribution in [0.1, 0.15) is 46.1 Å². The van der Waals surface area contributed by atoms with Gasteiger partial charge >= 0.3 is 0 Å². The number of fused-ring (bicyclic) bond motifs is 1. The molecule has 1 saturated carbocycles. The van der Waals surface area contributed by atoms with Crippen LogP contribution in [0.4, 0.5) is 5.69 Å². The predicted octanol–water partition coefficient (Wildman–Crippen LogP) is 3.43. The molecule has 8 nitrogen and oxygen atoms in total. The number of nitrogens with one attached hydrogen (secondary N) is 1. The quantitative estimate of drug-likeness (QED) is 0.671. The third-order valence-electron chi connectivity index (χ3n) is 5.59. The third-order valence-corrected chi connectivity index (χ3v) is 6.60. The number of benzene rings is 1. The van der Waals surface area contributed by atoms with Crippen LogP contribution in [-0.4, -0.2) is 44.5 Å². The Bertz CT molecular complexity index is 1230. The van der Waals surface area contributed by atoms with Gasteiger partial charge in [-0.15, -0.1) is 11.8 Å². The molecule has 2 fully saturated rings. The van der Waals surface area contributed by atoms with Crippen molar-refractivity contribution in [2.75, 3.05) is 16.9 Å². The molecule has 1 saturated heterocycles. The van der Waals surface area contributed by atoms with E-state index in [9.17, 15) is 9.59 Å². The van der Waals surface area contributed by atoms with Crippen LogP contribution in [-0.2, 0) is 4.79 Å². The molecular weight excluding hydrogens is 414 g/mol. The van der Waals surface area contributed by atoms with Crippen molar-refractivity contribution in [1.29, 1.82) is 5.26 Å². The molecule has 1 atom stereocenters. The van der Waals surface area contributed by atoms with E-state index in [0.29, 0.717) is 51.2 Å². The number of rotatable bonds is 4. The molecule has 1 unspecified atom stereocenters. The van der Waals surface area contributed by atoms with Crippen LogP contribution in [0, 0.1) is 18.3 Å². The molecule has 2 aliphatic rings. The Labute approximate surface area is 182 Å². The minimum absolute atomic E-state index is 0.217. The van der Waals surface area contributed by atoms with Crippen molar-refractivity contribution >= 4 is 40.4 Å². The summed E-state index contributed by atoms with van der Waals surface area (Å²) in [6.07, 6.45) is 2.10. The number of hydrogen-bond acceptors (Lipinski definition) is 7. The van der Waals surface area contributed by atoms with Crippen molar-refractivity contribution in [3.05, 3.63) is 52.8 Å². The lowest BCUT2D eigenvalue weighted by atomic mass is 10.1. The second-order valence-corrected chi connectivity index (χ2v) is 8.79. The van der Waals surface area contributed by atoms with Crippen molar-refractivity contribution in [2.24, 2.45) is 0 Å². The molecule has 156 valence electrons. The van der Waals surface area contributed by atoms with Gasteiger partial charge in [0.2, 0.25) is 5.91 Å². The maximum absolute atomic E-state index is 13.6. The average Bonchev–Trinajstić information content (AvgIpc) is 3.40. The summed E-state index contributed by atoms with van der Waals surface area (Å²) in [5.74, 6) is 0.824. The molecule has 0 radical (unpaired) electrons. The highest BCUT2D eigenvalue weighted by Gasteiger charge is 2.37. The van der Waals surface area contributed by atoms with E-state index in [1.165, 1.54) is 11.8 Å². The smallest absolute Gasteiger partial charge is 0.259 e. The van der Waals surface area contributed by atoms with Crippen LogP contribution in [0.25, 0.3) is 11.1 Å². The van der Waals surface area contributed by atoms with E-state index in [2.05, 4.69) is 15.5 Å². The van der Waals surface area contributed by atoms with Gasteiger partial charge in [-0.25, -0.2) is 4.98 Å². The number of aromatic nitrogens is 2. The minimum Gasteiger partial charge on any atom is -0.336 e. The van der Waals surface area contributed by atoms with Crippen LogP contribution in [0.15, 0.2) is 34.9 Å². The molecular formula is C22H19N5O3S. The van der Waals surface area contributed by atoms with E-state index in [1.807, 2.05) is 12.1 Å². The van der Waals surface area contributed by atoms with E-state index in [0.717, 1.165) is 18.5 Å². The number of aryl methyl sites for hydroxylation is 1. The molecule has 31 heavy (non-hydrogen) atoms. The molecule has 3 heterocycles. The number of pyridine rings is 1. The molecule has 9 heteroatoms. The minimum atomic E-state index is -0.596. The molecule has 2 amide bonds.